The zero-order valence-corrected chi connectivity index (χ0v) is 18.4. The number of alkyl halides is 3. The van der Waals surface area contributed by atoms with Crippen molar-refractivity contribution in [2.45, 2.75) is 12.7 Å². The molecule has 4 rings (SSSR count). The molecule has 0 spiro atoms. The fourth-order valence-electron chi connectivity index (χ4n) is 3.61. The molecule has 2 aromatic rings. The Morgan fingerprint density at radius 3 is 2.41 bits per heavy atom. The van der Waals surface area contributed by atoms with Crippen LogP contribution < -0.4 is 10.2 Å². The van der Waals surface area contributed by atoms with Gasteiger partial charge in [0.15, 0.2) is 0 Å². The van der Waals surface area contributed by atoms with Crippen molar-refractivity contribution < 1.29 is 37.1 Å². The summed E-state index contributed by atoms with van der Waals surface area (Å²) in [5.41, 5.74) is -0.743. The van der Waals surface area contributed by atoms with Gasteiger partial charge < -0.3 is 15.0 Å². The normalized spacial score (nSPS) is 17.0. The molecule has 2 fully saturated rings. The predicted molar refractivity (Wildman–Crippen MR) is 115 cm³/mol. The molecule has 0 aliphatic carbocycles. The number of benzene rings is 1. The van der Waals surface area contributed by atoms with Crippen LogP contribution >= 0.6 is 11.3 Å². The van der Waals surface area contributed by atoms with Gasteiger partial charge in [-0.3, -0.25) is 19.3 Å². The van der Waals surface area contributed by atoms with Crippen LogP contribution in [0.4, 0.5) is 29.3 Å². The summed E-state index contributed by atoms with van der Waals surface area (Å²) < 4.78 is 45.1. The molecule has 1 aromatic carbocycles. The number of urea groups is 1. The van der Waals surface area contributed by atoms with E-state index < -0.39 is 42.0 Å². The van der Waals surface area contributed by atoms with E-state index in [9.17, 15) is 32.3 Å². The molecule has 0 saturated carbocycles. The fraction of sp³-hybridized carbons (Fsp3) is 0.333. The summed E-state index contributed by atoms with van der Waals surface area (Å²) in [6.07, 6.45) is -4.64. The van der Waals surface area contributed by atoms with Crippen molar-refractivity contribution in [1.82, 2.24) is 9.80 Å². The van der Waals surface area contributed by atoms with E-state index in [1.54, 1.807) is 22.4 Å². The molecule has 0 radical (unpaired) electrons. The maximum absolute atomic E-state index is 13.3. The van der Waals surface area contributed by atoms with Gasteiger partial charge in [0.1, 0.15) is 6.54 Å². The molecule has 9 nitrogen and oxygen atoms in total. The number of nitrogens with zero attached hydrogens (tertiary/aromatic N) is 3. The number of anilines is 2. The van der Waals surface area contributed by atoms with Gasteiger partial charge >= 0.3 is 24.0 Å². The number of ether oxygens (including phenoxy) is 1. The topological polar surface area (TPSA) is 99.3 Å². The average molecular weight is 496 g/mol. The second-order valence-corrected chi connectivity index (χ2v) is 8.55. The van der Waals surface area contributed by atoms with E-state index in [1.807, 2.05) is 0 Å². The molecule has 180 valence electrons. The van der Waals surface area contributed by atoms with E-state index in [4.69, 9.17) is 4.74 Å². The summed E-state index contributed by atoms with van der Waals surface area (Å²) in [4.78, 5) is 53.5. The zero-order chi connectivity index (χ0) is 24.5. The van der Waals surface area contributed by atoms with Gasteiger partial charge in [0.05, 0.1) is 36.7 Å². The molecule has 0 unspecified atom stereocenters. The van der Waals surface area contributed by atoms with E-state index in [2.05, 4.69) is 5.32 Å². The Kier molecular flexibility index (Phi) is 6.57. The maximum Gasteiger partial charge on any atom is 0.416 e. The van der Waals surface area contributed by atoms with Crippen LogP contribution in [0.2, 0.25) is 0 Å². The lowest BCUT2D eigenvalue weighted by atomic mass is 10.1. The lowest BCUT2D eigenvalue weighted by molar-refractivity contribution is -0.143. The Labute approximate surface area is 195 Å². The van der Waals surface area contributed by atoms with Crippen molar-refractivity contribution in [3.8, 4) is 0 Å². The molecular formula is C21H19F3N4O5S. The van der Waals surface area contributed by atoms with Crippen molar-refractivity contribution in [1.29, 1.82) is 0 Å². The van der Waals surface area contributed by atoms with Crippen LogP contribution in [0.25, 0.3) is 0 Å². The Morgan fingerprint density at radius 1 is 1.06 bits per heavy atom. The van der Waals surface area contributed by atoms with E-state index in [1.165, 1.54) is 17.4 Å². The highest BCUT2D eigenvalue weighted by molar-refractivity contribution is 7.09. The maximum atomic E-state index is 13.3. The first kappa shape index (κ1) is 23.7. The van der Waals surface area contributed by atoms with E-state index in [-0.39, 0.29) is 12.2 Å². The molecule has 3 heterocycles. The van der Waals surface area contributed by atoms with Gasteiger partial charge in [-0.2, -0.15) is 13.2 Å². The van der Waals surface area contributed by atoms with Crippen molar-refractivity contribution >= 4 is 46.5 Å². The largest absolute Gasteiger partial charge is 0.416 e. The number of hydrogen-bond acceptors (Lipinski definition) is 7. The first-order valence-electron chi connectivity index (χ1n) is 10.2. The molecule has 13 heteroatoms. The van der Waals surface area contributed by atoms with Crippen LogP contribution in [-0.4, -0.2) is 66.4 Å². The van der Waals surface area contributed by atoms with Gasteiger partial charge in [-0.05, 0) is 29.6 Å². The predicted octanol–water partition coefficient (Wildman–Crippen LogP) is 2.53. The number of amides is 5. The first-order chi connectivity index (χ1) is 16.1. The summed E-state index contributed by atoms with van der Waals surface area (Å²) >= 11 is 1.29. The minimum absolute atomic E-state index is 0.117. The standard InChI is InChI=1S/C21H19F3N4O5S/c22-21(23,24)13-3-4-16(26-5-7-33-8-6-26)15(10-13)25-17(29)12-28-19(31)18(30)27(20(28)32)11-14-2-1-9-34-14/h1-4,9-10H,5-8,11-12H2,(H,25,29). The van der Waals surface area contributed by atoms with Crippen LogP contribution in [0.15, 0.2) is 35.7 Å². The minimum atomic E-state index is -4.64. The molecular weight excluding hydrogens is 477 g/mol. The minimum Gasteiger partial charge on any atom is -0.378 e. The van der Waals surface area contributed by atoms with Crippen LogP contribution in [0.3, 0.4) is 0 Å². The number of rotatable bonds is 6. The van der Waals surface area contributed by atoms with Crippen LogP contribution in [0, 0.1) is 0 Å². The number of nitrogens with one attached hydrogen (secondary N) is 1. The number of hydrogen-bond donors (Lipinski definition) is 1. The number of carbonyl (C=O) groups is 4. The number of morpholine rings is 1. The molecule has 1 N–H and O–H groups in total. The van der Waals surface area contributed by atoms with Crippen LogP contribution in [0.1, 0.15) is 10.4 Å². The fourth-order valence-corrected chi connectivity index (χ4v) is 4.31. The molecule has 1 aromatic heterocycles. The molecule has 34 heavy (non-hydrogen) atoms. The highest BCUT2D eigenvalue weighted by Crippen LogP contribution is 2.36. The van der Waals surface area contributed by atoms with Gasteiger partial charge in [0, 0.05) is 18.0 Å². The number of thiophene rings is 1. The van der Waals surface area contributed by atoms with Crippen molar-refractivity contribution in [3.63, 3.8) is 0 Å². The molecule has 0 bridgehead atoms. The van der Waals surface area contributed by atoms with Crippen molar-refractivity contribution in [2.75, 3.05) is 43.1 Å². The van der Waals surface area contributed by atoms with E-state index in [0.717, 1.165) is 17.0 Å². The summed E-state index contributed by atoms with van der Waals surface area (Å²) in [7, 11) is 0. The number of imide groups is 2. The van der Waals surface area contributed by atoms with E-state index >= 15 is 0 Å². The third-order valence-corrected chi connectivity index (χ3v) is 6.14. The lowest BCUT2D eigenvalue weighted by Gasteiger charge is -2.31. The Balaban J connectivity index is 1.52. The second-order valence-electron chi connectivity index (χ2n) is 7.52. The third kappa shape index (κ3) is 4.89. The summed E-state index contributed by atoms with van der Waals surface area (Å²) in [6.45, 7) is 0.616. The molecule has 5 amide bonds. The van der Waals surface area contributed by atoms with Gasteiger partial charge in [-0.1, -0.05) is 6.07 Å². The highest BCUT2D eigenvalue weighted by atomic mass is 32.1. The molecule has 0 atom stereocenters. The Morgan fingerprint density at radius 2 is 1.76 bits per heavy atom. The van der Waals surface area contributed by atoms with E-state index in [0.29, 0.717) is 41.8 Å². The van der Waals surface area contributed by atoms with Crippen molar-refractivity contribution in [2.24, 2.45) is 0 Å². The zero-order valence-electron chi connectivity index (χ0n) is 17.6. The quantitative estimate of drug-likeness (QED) is 0.488. The van der Waals surface area contributed by atoms with Gasteiger partial charge in [0.25, 0.3) is 0 Å². The summed E-state index contributed by atoms with van der Waals surface area (Å²) in [5.74, 6) is -3.16. The monoisotopic (exact) mass is 496 g/mol. The van der Waals surface area contributed by atoms with Gasteiger partial charge in [0.2, 0.25) is 5.91 Å². The summed E-state index contributed by atoms with van der Waals surface area (Å²) in [6, 6.07) is 5.41. The number of halogens is 3. The SMILES string of the molecule is O=C(CN1C(=O)C(=O)N(Cc2cccs2)C1=O)Nc1cc(C(F)(F)F)ccc1N1CCOCC1. The van der Waals surface area contributed by atoms with Crippen molar-refractivity contribution in [3.05, 3.63) is 46.2 Å². The second kappa shape index (κ2) is 9.43. The number of carbonyl (C=O) groups excluding carboxylic acids is 4. The highest BCUT2D eigenvalue weighted by Gasteiger charge is 2.45. The van der Waals surface area contributed by atoms with Crippen LogP contribution in [-0.2, 0) is 31.8 Å². The van der Waals surface area contributed by atoms with Crippen LogP contribution in [0.5, 0.6) is 0 Å². The molecule has 2 aliphatic heterocycles. The summed E-state index contributed by atoms with van der Waals surface area (Å²) in [5, 5.41) is 4.11. The third-order valence-electron chi connectivity index (χ3n) is 5.28. The molecule has 2 aliphatic rings. The Bertz CT molecular complexity index is 1120. The lowest BCUT2D eigenvalue weighted by Crippen LogP contribution is -2.39. The van der Waals surface area contributed by atoms with Gasteiger partial charge in [-0.25, -0.2) is 9.69 Å². The first-order valence-corrected chi connectivity index (χ1v) is 11.1. The molecule has 2 saturated heterocycles. The van der Waals surface area contributed by atoms with Gasteiger partial charge in [-0.15, -0.1) is 11.3 Å². The smallest absolute Gasteiger partial charge is 0.378 e. The Hall–Kier alpha value is -3.45. The average Bonchev–Trinajstić information content (AvgIpc) is 3.38.